The van der Waals surface area contributed by atoms with Crippen LogP contribution in [0.4, 0.5) is 0 Å². The van der Waals surface area contributed by atoms with Gasteiger partial charge in [-0.2, -0.15) is 0 Å². The van der Waals surface area contributed by atoms with E-state index in [1.807, 2.05) is 6.07 Å². The van der Waals surface area contributed by atoms with Crippen molar-refractivity contribution in [3.63, 3.8) is 0 Å². The Balaban J connectivity index is 2.50. The Kier molecular flexibility index (Phi) is 3.15. The zero-order chi connectivity index (χ0) is 10.8. The van der Waals surface area contributed by atoms with Gasteiger partial charge in [-0.25, -0.2) is 0 Å². The molecule has 0 spiro atoms. The Hall–Kier alpha value is -0.760. The molecule has 0 aliphatic rings. The van der Waals surface area contributed by atoms with Gasteiger partial charge in [-0.15, -0.1) is 0 Å². The summed E-state index contributed by atoms with van der Waals surface area (Å²) in [5.41, 5.74) is 1.67. The van der Waals surface area contributed by atoms with E-state index >= 15 is 0 Å². The lowest BCUT2D eigenvalue weighted by atomic mass is 10.1. The van der Waals surface area contributed by atoms with Crippen LogP contribution in [0.2, 0.25) is 15.1 Å². The molecule has 2 rings (SSSR count). The number of aromatic nitrogens is 1. The second-order valence-corrected chi connectivity index (χ2v) is 4.24. The van der Waals surface area contributed by atoms with E-state index in [1.165, 1.54) is 0 Å². The molecule has 1 nitrogen and oxygen atoms in total. The third-order valence-electron chi connectivity index (χ3n) is 1.94. The molecule has 1 aromatic heterocycles. The summed E-state index contributed by atoms with van der Waals surface area (Å²) in [7, 11) is 0. The highest BCUT2D eigenvalue weighted by Gasteiger charge is 2.03. The monoisotopic (exact) mass is 257 g/mol. The largest absolute Gasteiger partial charge is 0.256 e. The molecule has 4 heteroatoms. The zero-order valence-corrected chi connectivity index (χ0v) is 9.81. The number of halogens is 3. The van der Waals surface area contributed by atoms with Crippen LogP contribution in [-0.2, 0) is 0 Å². The van der Waals surface area contributed by atoms with E-state index in [0.29, 0.717) is 15.1 Å². The molecule has 0 amide bonds. The summed E-state index contributed by atoms with van der Waals surface area (Å²) in [6.07, 6.45) is 1.65. The van der Waals surface area contributed by atoms with Gasteiger partial charge in [-0.1, -0.05) is 40.9 Å². The van der Waals surface area contributed by atoms with E-state index in [9.17, 15) is 0 Å². The molecule has 0 fully saturated rings. The van der Waals surface area contributed by atoms with E-state index in [1.54, 1.807) is 30.5 Å². The third kappa shape index (κ3) is 2.43. The molecular formula is C11H6Cl3N. The van der Waals surface area contributed by atoms with Crippen molar-refractivity contribution in [3.8, 4) is 11.3 Å². The van der Waals surface area contributed by atoms with Gasteiger partial charge in [0.05, 0.1) is 15.7 Å². The van der Waals surface area contributed by atoms with Gasteiger partial charge in [0.1, 0.15) is 0 Å². The van der Waals surface area contributed by atoms with Gasteiger partial charge in [0.25, 0.3) is 0 Å². The molecule has 0 aliphatic heterocycles. The smallest absolute Gasteiger partial charge is 0.0717 e. The second-order valence-electron chi connectivity index (χ2n) is 2.99. The van der Waals surface area contributed by atoms with E-state index in [4.69, 9.17) is 34.8 Å². The van der Waals surface area contributed by atoms with Gasteiger partial charge in [0.15, 0.2) is 0 Å². The average Bonchev–Trinajstić information content (AvgIpc) is 2.22. The molecule has 1 aromatic carbocycles. The van der Waals surface area contributed by atoms with Gasteiger partial charge < -0.3 is 0 Å². The zero-order valence-electron chi connectivity index (χ0n) is 7.55. The van der Waals surface area contributed by atoms with E-state index in [-0.39, 0.29) is 0 Å². The number of rotatable bonds is 1. The molecule has 1 heterocycles. The summed E-state index contributed by atoms with van der Waals surface area (Å²) in [5.74, 6) is 0. The first-order valence-electron chi connectivity index (χ1n) is 4.24. The van der Waals surface area contributed by atoms with Gasteiger partial charge in [-0.05, 0) is 24.3 Å². The minimum absolute atomic E-state index is 0.510. The Bertz CT molecular complexity index is 497. The van der Waals surface area contributed by atoms with Crippen molar-refractivity contribution in [3.05, 3.63) is 51.6 Å². The number of pyridine rings is 1. The van der Waals surface area contributed by atoms with Crippen molar-refractivity contribution in [1.29, 1.82) is 0 Å². The van der Waals surface area contributed by atoms with Crippen LogP contribution in [-0.4, -0.2) is 4.98 Å². The normalized spacial score (nSPS) is 10.3. The van der Waals surface area contributed by atoms with Crippen molar-refractivity contribution < 1.29 is 0 Å². The summed E-state index contributed by atoms with van der Waals surface area (Å²) in [4.78, 5) is 4.19. The van der Waals surface area contributed by atoms with Crippen LogP contribution in [0.25, 0.3) is 11.3 Å². The van der Waals surface area contributed by atoms with E-state index < -0.39 is 0 Å². The lowest BCUT2D eigenvalue weighted by molar-refractivity contribution is 1.33. The fraction of sp³-hybridized carbons (Fsp3) is 0. The molecular weight excluding hydrogens is 252 g/mol. The minimum Gasteiger partial charge on any atom is -0.256 e. The lowest BCUT2D eigenvalue weighted by Gasteiger charge is -2.02. The highest BCUT2D eigenvalue weighted by atomic mass is 35.5. The van der Waals surface area contributed by atoms with Crippen LogP contribution in [0.15, 0.2) is 36.5 Å². The summed E-state index contributed by atoms with van der Waals surface area (Å²) in [6.45, 7) is 0. The third-order valence-corrected chi connectivity index (χ3v) is 2.91. The van der Waals surface area contributed by atoms with Crippen LogP contribution in [0.1, 0.15) is 0 Å². The first kappa shape index (κ1) is 10.7. The summed E-state index contributed by atoms with van der Waals surface area (Å²) < 4.78 is 0. The quantitative estimate of drug-likeness (QED) is 0.722. The maximum atomic E-state index is 5.91. The van der Waals surface area contributed by atoms with Crippen molar-refractivity contribution >= 4 is 34.8 Å². The van der Waals surface area contributed by atoms with Crippen molar-refractivity contribution in [2.45, 2.75) is 0 Å². The first-order valence-corrected chi connectivity index (χ1v) is 5.37. The van der Waals surface area contributed by atoms with E-state index in [2.05, 4.69) is 4.98 Å². The standard InChI is InChI=1S/C11H6Cl3N/c12-8-3-4-15-11(6-8)7-1-2-9(13)10(14)5-7/h1-6H. The second kappa shape index (κ2) is 4.40. The fourth-order valence-electron chi connectivity index (χ4n) is 1.22. The predicted molar refractivity (Wildman–Crippen MR) is 64.7 cm³/mol. The van der Waals surface area contributed by atoms with Crippen molar-refractivity contribution in [1.82, 2.24) is 4.98 Å². The van der Waals surface area contributed by atoms with Crippen LogP contribution in [0, 0.1) is 0 Å². The topological polar surface area (TPSA) is 12.9 Å². The maximum absolute atomic E-state index is 5.91. The molecule has 0 N–H and O–H groups in total. The molecule has 0 aliphatic carbocycles. The number of benzene rings is 1. The van der Waals surface area contributed by atoms with Crippen LogP contribution >= 0.6 is 34.8 Å². The SMILES string of the molecule is Clc1ccnc(-c2ccc(Cl)c(Cl)c2)c1. The Labute approximate surface area is 103 Å². The summed E-state index contributed by atoms with van der Waals surface area (Å²) >= 11 is 17.6. The molecule has 0 atom stereocenters. The van der Waals surface area contributed by atoms with Gasteiger partial charge in [-0.3, -0.25) is 4.98 Å². The Morgan fingerprint density at radius 2 is 1.67 bits per heavy atom. The van der Waals surface area contributed by atoms with Crippen molar-refractivity contribution in [2.75, 3.05) is 0 Å². The highest BCUT2D eigenvalue weighted by molar-refractivity contribution is 6.42. The van der Waals surface area contributed by atoms with Gasteiger partial charge in [0, 0.05) is 16.8 Å². The summed E-state index contributed by atoms with van der Waals surface area (Å²) in [6, 6.07) is 8.86. The Morgan fingerprint density at radius 1 is 0.867 bits per heavy atom. The molecule has 76 valence electrons. The first-order chi connectivity index (χ1) is 7.16. The minimum atomic E-state index is 0.510. The van der Waals surface area contributed by atoms with Crippen LogP contribution in [0.5, 0.6) is 0 Å². The average molecular weight is 259 g/mol. The lowest BCUT2D eigenvalue weighted by Crippen LogP contribution is -1.82. The predicted octanol–water partition coefficient (Wildman–Crippen LogP) is 4.71. The van der Waals surface area contributed by atoms with Gasteiger partial charge in [0.2, 0.25) is 0 Å². The molecule has 0 radical (unpaired) electrons. The molecule has 0 unspecified atom stereocenters. The molecule has 0 saturated heterocycles. The van der Waals surface area contributed by atoms with Gasteiger partial charge >= 0.3 is 0 Å². The van der Waals surface area contributed by atoms with Crippen molar-refractivity contribution in [2.24, 2.45) is 0 Å². The number of hydrogen-bond donors (Lipinski definition) is 0. The van der Waals surface area contributed by atoms with Crippen LogP contribution < -0.4 is 0 Å². The Morgan fingerprint density at radius 3 is 2.33 bits per heavy atom. The summed E-state index contributed by atoms with van der Waals surface area (Å²) in [5, 5.41) is 1.68. The molecule has 0 bridgehead atoms. The maximum Gasteiger partial charge on any atom is 0.0717 e. The highest BCUT2D eigenvalue weighted by Crippen LogP contribution is 2.28. The number of hydrogen-bond acceptors (Lipinski definition) is 1. The molecule has 15 heavy (non-hydrogen) atoms. The number of nitrogens with zero attached hydrogens (tertiary/aromatic N) is 1. The molecule has 0 saturated carbocycles. The van der Waals surface area contributed by atoms with Crippen LogP contribution in [0.3, 0.4) is 0 Å². The van der Waals surface area contributed by atoms with E-state index in [0.717, 1.165) is 11.3 Å². The molecule has 2 aromatic rings. The fourth-order valence-corrected chi connectivity index (χ4v) is 1.68.